The first-order valence-electron chi connectivity index (χ1n) is 8.79. The zero-order valence-corrected chi connectivity index (χ0v) is 18.6. The van der Waals surface area contributed by atoms with Crippen molar-refractivity contribution in [3.8, 4) is 0 Å². The van der Waals surface area contributed by atoms with E-state index in [1.165, 1.54) is 29.7 Å². The van der Waals surface area contributed by atoms with Crippen LogP contribution in [0.25, 0.3) is 0 Å². The topological polar surface area (TPSA) is 54.2 Å². The van der Waals surface area contributed by atoms with E-state index in [4.69, 9.17) is 0 Å². The van der Waals surface area contributed by atoms with Gasteiger partial charge in [0, 0.05) is 43.8 Å². The summed E-state index contributed by atoms with van der Waals surface area (Å²) in [4.78, 5) is 8.45. The van der Waals surface area contributed by atoms with Gasteiger partial charge in [-0.05, 0) is 36.6 Å². The minimum atomic E-state index is 0. The number of imidazole rings is 1. The highest BCUT2D eigenvalue weighted by molar-refractivity contribution is 14.0. The quantitative estimate of drug-likeness (QED) is 0.374. The Morgan fingerprint density at radius 1 is 1.35 bits per heavy atom. The van der Waals surface area contributed by atoms with Gasteiger partial charge < -0.3 is 15.2 Å². The van der Waals surface area contributed by atoms with Crippen molar-refractivity contribution in [2.75, 3.05) is 19.3 Å². The van der Waals surface area contributed by atoms with Gasteiger partial charge in [0.2, 0.25) is 0 Å². The fourth-order valence-electron chi connectivity index (χ4n) is 3.08. The Balaban J connectivity index is 0.00000243. The SMILES string of the molecule is CN=C(NCc1cccc(Cn2ccnc2)c1)NCC1(C)CCCS1.I. The summed E-state index contributed by atoms with van der Waals surface area (Å²) < 4.78 is 2.41. The van der Waals surface area contributed by atoms with Gasteiger partial charge >= 0.3 is 0 Å². The Morgan fingerprint density at radius 2 is 2.19 bits per heavy atom. The third-order valence-corrected chi connectivity index (χ3v) is 6.07. The van der Waals surface area contributed by atoms with Crippen LogP contribution in [0.2, 0.25) is 0 Å². The van der Waals surface area contributed by atoms with Crippen molar-refractivity contribution in [3.05, 3.63) is 54.1 Å². The smallest absolute Gasteiger partial charge is 0.191 e. The highest BCUT2D eigenvalue weighted by atomic mass is 127. The van der Waals surface area contributed by atoms with Crippen LogP contribution in [-0.2, 0) is 13.1 Å². The Morgan fingerprint density at radius 3 is 2.88 bits per heavy atom. The lowest BCUT2D eigenvalue weighted by Crippen LogP contribution is -2.43. The Bertz CT molecular complexity index is 696. The summed E-state index contributed by atoms with van der Waals surface area (Å²) in [5.41, 5.74) is 2.53. The van der Waals surface area contributed by atoms with E-state index in [2.05, 4.69) is 68.1 Å². The summed E-state index contributed by atoms with van der Waals surface area (Å²) in [6.07, 6.45) is 8.23. The summed E-state index contributed by atoms with van der Waals surface area (Å²) in [5, 5.41) is 6.90. The summed E-state index contributed by atoms with van der Waals surface area (Å²) in [6, 6.07) is 8.63. The number of rotatable bonds is 6. The van der Waals surface area contributed by atoms with E-state index in [0.29, 0.717) is 4.75 Å². The zero-order valence-electron chi connectivity index (χ0n) is 15.4. The van der Waals surface area contributed by atoms with Crippen molar-refractivity contribution in [2.24, 2.45) is 4.99 Å². The lowest BCUT2D eigenvalue weighted by molar-refractivity contribution is 0.584. The predicted octanol–water partition coefficient (Wildman–Crippen LogP) is 3.50. The number of aliphatic imine (C=N–C) groups is 1. The number of nitrogens with zero attached hydrogens (tertiary/aromatic N) is 3. The Hall–Kier alpha value is -1.22. The normalized spacial score (nSPS) is 19.8. The number of nitrogens with one attached hydrogen (secondary N) is 2. The molecule has 0 bridgehead atoms. The van der Waals surface area contributed by atoms with Crippen molar-refractivity contribution >= 4 is 41.7 Å². The van der Waals surface area contributed by atoms with Crippen LogP contribution in [0.4, 0.5) is 0 Å². The number of halogens is 1. The molecule has 2 heterocycles. The summed E-state index contributed by atoms with van der Waals surface area (Å²) in [7, 11) is 1.83. The molecule has 3 rings (SSSR count). The van der Waals surface area contributed by atoms with Crippen LogP contribution in [0.15, 0.2) is 48.0 Å². The van der Waals surface area contributed by atoms with Gasteiger partial charge in [0.25, 0.3) is 0 Å². The highest BCUT2D eigenvalue weighted by Gasteiger charge is 2.29. The predicted molar refractivity (Wildman–Crippen MR) is 121 cm³/mol. The minimum absolute atomic E-state index is 0. The van der Waals surface area contributed by atoms with E-state index in [-0.39, 0.29) is 24.0 Å². The molecule has 1 aliphatic rings. The molecule has 2 N–H and O–H groups in total. The maximum Gasteiger partial charge on any atom is 0.191 e. The van der Waals surface area contributed by atoms with Crippen molar-refractivity contribution < 1.29 is 0 Å². The van der Waals surface area contributed by atoms with Crippen molar-refractivity contribution in [1.82, 2.24) is 20.2 Å². The van der Waals surface area contributed by atoms with Crippen LogP contribution in [0.5, 0.6) is 0 Å². The molecule has 7 heteroatoms. The molecule has 0 saturated carbocycles. The summed E-state index contributed by atoms with van der Waals surface area (Å²) >= 11 is 2.06. The second-order valence-electron chi connectivity index (χ2n) is 6.74. The van der Waals surface area contributed by atoms with Crippen LogP contribution < -0.4 is 10.6 Å². The molecule has 5 nitrogen and oxygen atoms in total. The zero-order chi connectivity index (χ0) is 17.5. The number of hydrogen-bond donors (Lipinski definition) is 2. The maximum absolute atomic E-state index is 4.35. The number of aromatic nitrogens is 2. The minimum Gasteiger partial charge on any atom is -0.355 e. The third kappa shape index (κ3) is 6.19. The summed E-state index contributed by atoms with van der Waals surface area (Å²) in [6.45, 7) is 4.90. The summed E-state index contributed by atoms with van der Waals surface area (Å²) in [5.74, 6) is 2.14. The third-order valence-electron chi connectivity index (χ3n) is 4.53. The largest absolute Gasteiger partial charge is 0.355 e. The van der Waals surface area contributed by atoms with Gasteiger partial charge in [0.15, 0.2) is 5.96 Å². The molecule has 1 aliphatic heterocycles. The molecular weight excluding hydrogens is 457 g/mol. The van der Waals surface area contributed by atoms with Crippen LogP contribution >= 0.6 is 35.7 Å². The van der Waals surface area contributed by atoms with Crippen molar-refractivity contribution in [2.45, 2.75) is 37.6 Å². The first-order valence-corrected chi connectivity index (χ1v) is 9.77. The van der Waals surface area contributed by atoms with Gasteiger partial charge in [-0.25, -0.2) is 4.98 Å². The second kappa shape index (κ2) is 10.2. The van der Waals surface area contributed by atoms with Gasteiger partial charge in [-0.2, -0.15) is 11.8 Å². The Kier molecular flexibility index (Phi) is 8.27. The standard InChI is InChI=1S/C19H27N5S.HI/c1-19(7-4-10-25-19)14-23-18(20-2)22-12-16-5-3-6-17(11-16)13-24-9-8-21-15-24;/h3,5-6,8-9,11,15H,4,7,10,12-14H2,1-2H3,(H2,20,22,23);1H. The van der Waals surface area contributed by atoms with E-state index in [1.807, 2.05) is 25.8 Å². The fraction of sp³-hybridized carbons (Fsp3) is 0.474. The molecule has 0 aliphatic carbocycles. The Labute approximate surface area is 177 Å². The van der Waals surface area contributed by atoms with E-state index >= 15 is 0 Å². The highest BCUT2D eigenvalue weighted by Crippen LogP contribution is 2.36. The molecule has 1 unspecified atom stereocenters. The molecule has 1 aromatic heterocycles. The van der Waals surface area contributed by atoms with Crippen LogP contribution in [-0.4, -0.2) is 39.6 Å². The second-order valence-corrected chi connectivity index (χ2v) is 8.42. The van der Waals surface area contributed by atoms with Crippen molar-refractivity contribution in [3.63, 3.8) is 0 Å². The molecule has 1 atom stereocenters. The number of guanidine groups is 1. The van der Waals surface area contributed by atoms with Crippen molar-refractivity contribution in [1.29, 1.82) is 0 Å². The fourth-order valence-corrected chi connectivity index (χ4v) is 4.33. The molecule has 2 aromatic rings. The number of thioether (sulfide) groups is 1. The molecule has 1 saturated heterocycles. The first-order chi connectivity index (χ1) is 12.2. The lowest BCUT2D eigenvalue weighted by atomic mass is 10.1. The molecule has 142 valence electrons. The van der Waals surface area contributed by atoms with E-state index in [0.717, 1.165) is 25.6 Å². The van der Waals surface area contributed by atoms with Crippen LogP contribution in [0.3, 0.4) is 0 Å². The molecule has 26 heavy (non-hydrogen) atoms. The maximum atomic E-state index is 4.35. The average Bonchev–Trinajstić information content (AvgIpc) is 3.28. The molecule has 0 amide bonds. The average molecular weight is 485 g/mol. The number of hydrogen-bond acceptors (Lipinski definition) is 3. The monoisotopic (exact) mass is 485 g/mol. The van der Waals surface area contributed by atoms with E-state index in [1.54, 1.807) is 0 Å². The molecular formula is C19H28IN5S. The van der Waals surface area contributed by atoms with Gasteiger partial charge in [0.05, 0.1) is 6.33 Å². The molecule has 0 radical (unpaired) electrons. The lowest BCUT2D eigenvalue weighted by Gasteiger charge is -2.24. The van der Waals surface area contributed by atoms with E-state index in [9.17, 15) is 0 Å². The van der Waals surface area contributed by atoms with Gasteiger partial charge in [-0.3, -0.25) is 4.99 Å². The molecule has 1 aromatic carbocycles. The molecule has 1 fully saturated rings. The van der Waals surface area contributed by atoms with E-state index < -0.39 is 0 Å². The first kappa shape index (κ1) is 21.1. The molecule has 0 spiro atoms. The van der Waals surface area contributed by atoms with Gasteiger partial charge in [-0.15, -0.1) is 24.0 Å². The van der Waals surface area contributed by atoms with Gasteiger partial charge in [-0.1, -0.05) is 24.3 Å². The van der Waals surface area contributed by atoms with Crippen LogP contribution in [0, 0.1) is 0 Å². The van der Waals surface area contributed by atoms with Gasteiger partial charge in [0.1, 0.15) is 0 Å². The van der Waals surface area contributed by atoms with Crippen LogP contribution in [0.1, 0.15) is 30.9 Å². The number of benzene rings is 1.